The summed E-state index contributed by atoms with van der Waals surface area (Å²) >= 11 is 0. The van der Waals surface area contributed by atoms with E-state index < -0.39 is 6.10 Å². The second-order valence-electron chi connectivity index (χ2n) is 7.38. The van der Waals surface area contributed by atoms with Gasteiger partial charge in [-0.3, -0.25) is 4.98 Å². The van der Waals surface area contributed by atoms with Gasteiger partial charge in [0, 0.05) is 49.5 Å². The van der Waals surface area contributed by atoms with E-state index in [1.807, 2.05) is 23.9 Å². The van der Waals surface area contributed by atoms with Gasteiger partial charge >= 0.3 is 0 Å². The monoisotopic (exact) mass is 350 g/mol. The van der Waals surface area contributed by atoms with Gasteiger partial charge in [-0.25, -0.2) is 4.98 Å². The third-order valence-corrected chi connectivity index (χ3v) is 5.69. The van der Waals surface area contributed by atoms with E-state index in [1.54, 1.807) is 6.20 Å². The molecule has 2 unspecified atom stereocenters. The number of fused-ring (bicyclic) bond motifs is 1. The molecule has 5 heteroatoms. The van der Waals surface area contributed by atoms with Crippen molar-refractivity contribution in [1.82, 2.24) is 14.5 Å². The van der Waals surface area contributed by atoms with Crippen molar-refractivity contribution in [3.05, 3.63) is 53.7 Å². The average Bonchev–Trinajstić information content (AvgIpc) is 3.08. The third-order valence-electron chi connectivity index (χ3n) is 5.69. The topological polar surface area (TPSA) is 54.2 Å². The molecule has 0 radical (unpaired) electrons. The molecule has 1 fully saturated rings. The predicted octanol–water partition coefficient (Wildman–Crippen LogP) is 3.54. The summed E-state index contributed by atoms with van der Waals surface area (Å²) in [6.45, 7) is 6.08. The number of benzene rings is 1. The highest BCUT2D eigenvalue weighted by molar-refractivity contribution is 5.93. The van der Waals surface area contributed by atoms with Crippen LogP contribution in [0.4, 0.5) is 5.69 Å². The largest absolute Gasteiger partial charge is 0.385 e. The van der Waals surface area contributed by atoms with Crippen LogP contribution in [0.1, 0.15) is 36.0 Å². The van der Waals surface area contributed by atoms with E-state index in [0.717, 1.165) is 43.0 Å². The fourth-order valence-electron chi connectivity index (χ4n) is 4.16. The first kappa shape index (κ1) is 17.0. The first-order valence-electron chi connectivity index (χ1n) is 9.32. The van der Waals surface area contributed by atoms with Gasteiger partial charge in [-0.05, 0) is 38.3 Å². The second kappa shape index (κ2) is 6.72. The molecule has 4 rings (SSSR count). The van der Waals surface area contributed by atoms with Crippen molar-refractivity contribution in [2.24, 2.45) is 13.0 Å². The zero-order chi connectivity index (χ0) is 18.3. The Morgan fingerprint density at radius 3 is 2.81 bits per heavy atom. The van der Waals surface area contributed by atoms with E-state index in [9.17, 15) is 5.11 Å². The van der Waals surface area contributed by atoms with E-state index in [2.05, 4.69) is 41.9 Å². The number of hydrogen-bond donors (Lipinski definition) is 1. The molecule has 0 bridgehead atoms. The van der Waals surface area contributed by atoms with Crippen molar-refractivity contribution in [3.8, 4) is 0 Å². The number of pyridine rings is 1. The zero-order valence-corrected chi connectivity index (χ0v) is 15.7. The fraction of sp³-hybridized carbons (Fsp3) is 0.429. The molecule has 5 nitrogen and oxygen atoms in total. The van der Waals surface area contributed by atoms with Gasteiger partial charge in [-0.2, -0.15) is 0 Å². The molecule has 3 aromatic rings. The number of nitrogens with zero attached hydrogens (tertiary/aromatic N) is 4. The number of aliphatic hydroxyl groups excluding tert-OH is 1. The number of hydrogen-bond acceptors (Lipinski definition) is 4. The van der Waals surface area contributed by atoms with Gasteiger partial charge in [0.05, 0.1) is 11.2 Å². The van der Waals surface area contributed by atoms with Gasteiger partial charge in [0.1, 0.15) is 11.9 Å². The van der Waals surface area contributed by atoms with Crippen LogP contribution in [0.2, 0.25) is 0 Å². The molecule has 1 N–H and O–H groups in total. The van der Waals surface area contributed by atoms with Crippen molar-refractivity contribution in [1.29, 1.82) is 0 Å². The molecule has 0 aliphatic carbocycles. The van der Waals surface area contributed by atoms with Crippen LogP contribution in [0, 0.1) is 19.8 Å². The maximum absolute atomic E-state index is 10.9. The van der Waals surface area contributed by atoms with E-state index in [-0.39, 0.29) is 5.92 Å². The van der Waals surface area contributed by atoms with Gasteiger partial charge < -0.3 is 14.6 Å². The van der Waals surface area contributed by atoms with Gasteiger partial charge in [0.15, 0.2) is 0 Å². The fourth-order valence-corrected chi connectivity index (χ4v) is 4.16. The van der Waals surface area contributed by atoms with Crippen LogP contribution < -0.4 is 4.90 Å². The summed E-state index contributed by atoms with van der Waals surface area (Å²) in [6.07, 6.45) is 5.20. The zero-order valence-electron chi connectivity index (χ0n) is 15.7. The Labute approximate surface area is 154 Å². The lowest BCUT2D eigenvalue weighted by atomic mass is 9.90. The number of aryl methyl sites for hydroxylation is 2. The normalized spacial score (nSPS) is 19.1. The Balaban J connectivity index is 1.70. The Kier molecular flexibility index (Phi) is 4.41. The molecule has 26 heavy (non-hydrogen) atoms. The van der Waals surface area contributed by atoms with Crippen molar-refractivity contribution in [2.75, 3.05) is 18.0 Å². The maximum atomic E-state index is 10.9. The molecular formula is C21H26N4O. The number of rotatable bonds is 3. The first-order chi connectivity index (χ1) is 12.6. The number of piperidine rings is 1. The van der Waals surface area contributed by atoms with Crippen molar-refractivity contribution >= 4 is 16.6 Å². The van der Waals surface area contributed by atoms with E-state index >= 15 is 0 Å². The van der Waals surface area contributed by atoms with Gasteiger partial charge in [0.25, 0.3) is 0 Å². The molecule has 1 aromatic carbocycles. The van der Waals surface area contributed by atoms with Gasteiger partial charge in [0.2, 0.25) is 0 Å². The number of anilines is 1. The highest BCUT2D eigenvalue weighted by atomic mass is 16.3. The van der Waals surface area contributed by atoms with E-state index in [4.69, 9.17) is 4.98 Å². The summed E-state index contributed by atoms with van der Waals surface area (Å²) in [5, 5.41) is 12.1. The SMILES string of the molecule is Cc1nc2ccccc2c(N2CCCC(C(O)c3nccn3C)C2)c1C. The summed E-state index contributed by atoms with van der Waals surface area (Å²) in [7, 11) is 1.94. The molecule has 2 atom stereocenters. The van der Waals surface area contributed by atoms with Gasteiger partial charge in [-0.15, -0.1) is 0 Å². The van der Waals surface area contributed by atoms with Crippen molar-refractivity contribution < 1.29 is 5.11 Å². The quantitative estimate of drug-likeness (QED) is 0.785. The van der Waals surface area contributed by atoms with Crippen molar-refractivity contribution in [3.63, 3.8) is 0 Å². The minimum absolute atomic E-state index is 0.177. The number of aliphatic hydroxyl groups is 1. The molecule has 0 spiro atoms. The highest BCUT2D eigenvalue weighted by Gasteiger charge is 2.30. The van der Waals surface area contributed by atoms with Gasteiger partial charge in [-0.1, -0.05) is 18.2 Å². The molecule has 2 aromatic heterocycles. The third kappa shape index (κ3) is 2.86. The van der Waals surface area contributed by atoms with Crippen LogP contribution in [0.25, 0.3) is 10.9 Å². The lowest BCUT2D eigenvalue weighted by Crippen LogP contribution is -2.39. The van der Waals surface area contributed by atoms with Crippen LogP contribution in [0.5, 0.6) is 0 Å². The molecule has 0 amide bonds. The van der Waals surface area contributed by atoms with Crippen LogP contribution in [0.3, 0.4) is 0 Å². The highest BCUT2D eigenvalue weighted by Crippen LogP contribution is 2.36. The Morgan fingerprint density at radius 2 is 2.04 bits per heavy atom. The summed E-state index contributed by atoms with van der Waals surface area (Å²) in [4.78, 5) is 11.5. The van der Waals surface area contributed by atoms with Crippen LogP contribution in [-0.4, -0.2) is 32.7 Å². The summed E-state index contributed by atoms with van der Waals surface area (Å²) in [5.74, 6) is 0.931. The lowest BCUT2D eigenvalue weighted by Gasteiger charge is -2.37. The Bertz CT molecular complexity index is 933. The first-order valence-corrected chi connectivity index (χ1v) is 9.32. The van der Waals surface area contributed by atoms with E-state index in [1.165, 1.54) is 16.6 Å². The number of para-hydroxylation sites is 1. The Hall–Kier alpha value is -2.40. The molecule has 3 heterocycles. The second-order valence-corrected chi connectivity index (χ2v) is 7.38. The molecular weight excluding hydrogens is 324 g/mol. The summed E-state index contributed by atoms with van der Waals surface area (Å²) in [5.41, 5.74) is 4.61. The minimum Gasteiger partial charge on any atom is -0.385 e. The standard InChI is InChI=1S/C21H26N4O/c1-14-15(2)23-18-9-5-4-8-17(18)19(14)25-11-6-7-16(13-25)20(26)21-22-10-12-24(21)3/h4-5,8-10,12,16,20,26H,6-7,11,13H2,1-3H3. The molecule has 1 aliphatic heterocycles. The Morgan fingerprint density at radius 1 is 1.23 bits per heavy atom. The van der Waals surface area contributed by atoms with E-state index in [0.29, 0.717) is 0 Å². The molecule has 1 aliphatic rings. The summed E-state index contributed by atoms with van der Waals surface area (Å²) in [6, 6.07) is 8.35. The smallest absolute Gasteiger partial charge is 0.137 e. The number of imidazole rings is 1. The molecule has 1 saturated heterocycles. The van der Waals surface area contributed by atoms with Crippen LogP contribution in [0.15, 0.2) is 36.7 Å². The average molecular weight is 350 g/mol. The van der Waals surface area contributed by atoms with Crippen molar-refractivity contribution in [2.45, 2.75) is 32.8 Å². The van der Waals surface area contributed by atoms with Crippen LogP contribution in [-0.2, 0) is 7.05 Å². The minimum atomic E-state index is -0.535. The molecule has 0 saturated carbocycles. The lowest BCUT2D eigenvalue weighted by molar-refractivity contribution is 0.0875. The predicted molar refractivity (Wildman–Crippen MR) is 104 cm³/mol. The molecule has 136 valence electrons. The summed E-state index contributed by atoms with van der Waals surface area (Å²) < 4.78 is 1.92. The number of aromatic nitrogens is 3. The maximum Gasteiger partial charge on any atom is 0.137 e. The van der Waals surface area contributed by atoms with Crippen LogP contribution >= 0.6 is 0 Å².